The molecule has 1 aliphatic rings. The van der Waals surface area contributed by atoms with Crippen molar-refractivity contribution in [3.8, 4) is 5.75 Å². The number of nitrogens with two attached hydrogens (primary N) is 1. The Hall–Kier alpha value is -3.13. The average molecular weight is 439 g/mol. The van der Waals surface area contributed by atoms with Gasteiger partial charge in [0.2, 0.25) is 5.91 Å². The Morgan fingerprint density at radius 1 is 1.32 bits per heavy atom. The molecule has 8 heteroatoms. The van der Waals surface area contributed by atoms with Crippen LogP contribution in [-0.4, -0.2) is 55.5 Å². The Labute approximate surface area is 185 Å². The van der Waals surface area contributed by atoms with Crippen molar-refractivity contribution < 1.29 is 14.3 Å². The van der Waals surface area contributed by atoms with Crippen molar-refractivity contribution in [3.05, 3.63) is 53.0 Å². The van der Waals surface area contributed by atoms with Crippen molar-refractivity contribution in [2.45, 2.75) is 18.8 Å². The van der Waals surface area contributed by atoms with Crippen molar-refractivity contribution in [2.24, 2.45) is 5.73 Å². The molecule has 1 aromatic carbocycles. The zero-order valence-corrected chi connectivity index (χ0v) is 18.5. The van der Waals surface area contributed by atoms with Crippen molar-refractivity contribution >= 4 is 39.1 Å². The van der Waals surface area contributed by atoms with E-state index in [1.54, 1.807) is 13.3 Å². The molecule has 1 atom stereocenters. The molecule has 0 saturated carbocycles. The molecule has 3 heterocycles. The average Bonchev–Trinajstić information content (AvgIpc) is 3.42. The molecule has 2 amide bonds. The maximum Gasteiger partial charge on any atom is 0.259 e. The smallest absolute Gasteiger partial charge is 0.259 e. The number of aromatic nitrogens is 1. The van der Waals surface area contributed by atoms with E-state index < -0.39 is 5.91 Å². The van der Waals surface area contributed by atoms with Gasteiger partial charge in [0.15, 0.2) is 0 Å². The number of carbonyl (C=O) groups is 2. The zero-order chi connectivity index (χ0) is 22.0. The number of carbonyl (C=O) groups excluding carboxylic acids is 2. The quantitative estimate of drug-likeness (QED) is 0.612. The summed E-state index contributed by atoms with van der Waals surface area (Å²) in [5, 5.41) is 0.971. The molecule has 31 heavy (non-hydrogen) atoms. The van der Waals surface area contributed by atoms with Crippen molar-refractivity contribution in [2.75, 3.05) is 38.7 Å². The Morgan fingerprint density at radius 2 is 2.16 bits per heavy atom. The van der Waals surface area contributed by atoms with Gasteiger partial charge in [-0.25, -0.2) is 4.98 Å². The normalized spacial score (nSPS) is 15.9. The highest BCUT2D eigenvalue weighted by Crippen LogP contribution is 2.39. The molecular weight excluding hydrogens is 412 g/mol. The number of hydrogen-bond donors (Lipinski definition) is 1. The maximum absolute atomic E-state index is 12.9. The summed E-state index contributed by atoms with van der Waals surface area (Å²) < 4.78 is 5.28. The van der Waals surface area contributed by atoms with Crippen LogP contribution in [0.2, 0.25) is 0 Å². The van der Waals surface area contributed by atoms with Crippen LogP contribution in [0.15, 0.2) is 42.6 Å². The fourth-order valence-corrected chi connectivity index (χ4v) is 5.24. The van der Waals surface area contributed by atoms with E-state index in [-0.39, 0.29) is 11.8 Å². The second-order valence-electron chi connectivity index (χ2n) is 7.76. The van der Waals surface area contributed by atoms with E-state index in [0.717, 1.165) is 33.6 Å². The summed E-state index contributed by atoms with van der Waals surface area (Å²) in [6.45, 7) is 1.90. The molecule has 2 N–H and O–H groups in total. The summed E-state index contributed by atoms with van der Waals surface area (Å²) in [5.41, 5.74) is 7.60. The lowest BCUT2D eigenvalue weighted by Gasteiger charge is -2.22. The lowest BCUT2D eigenvalue weighted by Crippen LogP contribution is -2.32. The summed E-state index contributed by atoms with van der Waals surface area (Å²) in [7, 11) is 3.61. The summed E-state index contributed by atoms with van der Waals surface area (Å²) in [4.78, 5) is 34.6. The van der Waals surface area contributed by atoms with Crippen LogP contribution in [0.3, 0.4) is 0 Å². The number of amides is 2. The number of fused-ring (bicyclic) bond motifs is 1. The van der Waals surface area contributed by atoms with Gasteiger partial charge in [0.05, 0.1) is 12.0 Å². The second-order valence-corrected chi connectivity index (χ2v) is 8.76. The molecule has 4 rings (SSSR count). The van der Waals surface area contributed by atoms with Gasteiger partial charge in [-0.05, 0) is 30.2 Å². The van der Waals surface area contributed by atoms with Crippen LogP contribution in [0.5, 0.6) is 5.75 Å². The fourth-order valence-electron chi connectivity index (χ4n) is 4.16. The van der Waals surface area contributed by atoms with Gasteiger partial charge in [-0.3, -0.25) is 9.59 Å². The second kappa shape index (κ2) is 8.93. The SMILES string of the molecule is COc1cccc(N(C)CCC(=O)N2CC[C@H](c3c(C(N)=O)sc4ncccc34)C2)c1. The van der Waals surface area contributed by atoms with E-state index in [2.05, 4.69) is 9.88 Å². The van der Waals surface area contributed by atoms with Gasteiger partial charge >= 0.3 is 0 Å². The number of thiophene rings is 1. The molecule has 0 spiro atoms. The molecular formula is C23H26N4O3S. The molecule has 0 bridgehead atoms. The first-order valence-corrected chi connectivity index (χ1v) is 11.1. The van der Waals surface area contributed by atoms with Crippen LogP contribution in [0, 0.1) is 0 Å². The first-order valence-electron chi connectivity index (χ1n) is 10.3. The van der Waals surface area contributed by atoms with Crippen molar-refractivity contribution in [3.63, 3.8) is 0 Å². The molecule has 162 valence electrons. The first-order chi connectivity index (χ1) is 15.0. The van der Waals surface area contributed by atoms with E-state index >= 15 is 0 Å². The minimum absolute atomic E-state index is 0.0977. The first kappa shape index (κ1) is 21.1. The lowest BCUT2D eigenvalue weighted by molar-refractivity contribution is -0.129. The van der Waals surface area contributed by atoms with Gasteiger partial charge in [-0.1, -0.05) is 12.1 Å². The number of methoxy groups -OCH3 is 1. The molecule has 1 saturated heterocycles. The lowest BCUT2D eigenvalue weighted by atomic mass is 9.95. The van der Waals surface area contributed by atoms with Crippen LogP contribution >= 0.6 is 11.3 Å². The Morgan fingerprint density at radius 3 is 2.94 bits per heavy atom. The van der Waals surface area contributed by atoms with E-state index in [1.807, 2.05) is 48.3 Å². The largest absolute Gasteiger partial charge is 0.497 e. The highest BCUT2D eigenvalue weighted by Gasteiger charge is 2.32. The Bertz CT molecular complexity index is 1110. The maximum atomic E-state index is 12.9. The third-order valence-corrected chi connectivity index (χ3v) is 6.98. The summed E-state index contributed by atoms with van der Waals surface area (Å²) in [6.07, 6.45) is 2.96. The van der Waals surface area contributed by atoms with Crippen LogP contribution in [0.4, 0.5) is 5.69 Å². The molecule has 3 aromatic rings. The van der Waals surface area contributed by atoms with Gasteiger partial charge in [0, 0.05) is 62.4 Å². The number of pyridine rings is 1. The van der Waals surface area contributed by atoms with Gasteiger partial charge in [-0.15, -0.1) is 11.3 Å². The van der Waals surface area contributed by atoms with Crippen molar-refractivity contribution in [1.82, 2.24) is 9.88 Å². The molecule has 0 radical (unpaired) electrons. The number of anilines is 1. The zero-order valence-electron chi connectivity index (χ0n) is 17.7. The minimum Gasteiger partial charge on any atom is -0.497 e. The van der Waals surface area contributed by atoms with E-state index in [0.29, 0.717) is 30.9 Å². The third-order valence-electron chi connectivity index (χ3n) is 5.83. The van der Waals surface area contributed by atoms with Crippen LogP contribution in [0.25, 0.3) is 10.2 Å². The van der Waals surface area contributed by atoms with Crippen LogP contribution in [0.1, 0.15) is 34.0 Å². The molecule has 1 aliphatic heterocycles. The van der Waals surface area contributed by atoms with E-state index in [1.165, 1.54) is 11.3 Å². The number of hydrogen-bond acceptors (Lipinski definition) is 6. The standard InChI is InChI=1S/C23H26N4O3S/c1-26(16-5-3-6-17(13-16)30-2)11-9-19(28)27-12-8-15(14-27)20-18-7-4-10-25-23(18)31-21(20)22(24)29/h3-7,10,13,15H,8-9,11-12,14H2,1-2H3,(H2,24,29)/t15-/m0/s1. The minimum atomic E-state index is -0.428. The number of nitrogens with zero attached hydrogens (tertiary/aromatic N) is 3. The number of benzene rings is 1. The van der Waals surface area contributed by atoms with Gasteiger partial charge in [0.1, 0.15) is 10.6 Å². The number of primary amides is 1. The summed E-state index contributed by atoms with van der Waals surface area (Å²) in [6, 6.07) is 11.6. The third kappa shape index (κ3) is 4.34. The highest BCUT2D eigenvalue weighted by atomic mass is 32.1. The molecule has 7 nitrogen and oxygen atoms in total. The molecule has 2 aromatic heterocycles. The van der Waals surface area contributed by atoms with E-state index in [9.17, 15) is 9.59 Å². The predicted molar refractivity (Wildman–Crippen MR) is 123 cm³/mol. The number of ether oxygens (including phenoxy) is 1. The molecule has 1 fully saturated rings. The summed E-state index contributed by atoms with van der Waals surface area (Å²) in [5.74, 6) is 0.583. The topological polar surface area (TPSA) is 88.8 Å². The monoisotopic (exact) mass is 438 g/mol. The summed E-state index contributed by atoms with van der Waals surface area (Å²) >= 11 is 1.34. The van der Waals surface area contributed by atoms with Gasteiger partial charge < -0.3 is 20.3 Å². The number of likely N-dealkylation sites (tertiary alicyclic amines) is 1. The fraction of sp³-hybridized carbons (Fsp3) is 0.348. The van der Waals surface area contributed by atoms with E-state index in [4.69, 9.17) is 10.5 Å². The van der Waals surface area contributed by atoms with Gasteiger partial charge in [0.25, 0.3) is 5.91 Å². The highest BCUT2D eigenvalue weighted by molar-refractivity contribution is 7.20. The van der Waals surface area contributed by atoms with Gasteiger partial charge in [-0.2, -0.15) is 0 Å². The number of rotatable bonds is 7. The van der Waals surface area contributed by atoms with Crippen LogP contribution in [-0.2, 0) is 4.79 Å². The molecule has 0 unspecified atom stereocenters. The molecule has 0 aliphatic carbocycles. The Balaban J connectivity index is 1.42. The van der Waals surface area contributed by atoms with Crippen LogP contribution < -0.4 is 15.4 Å². The van der Waals surface area contributed by atoms with Crippen molar-refractivity contribution in [1.29, 1.82) is 0 Å². The Kier molecular flexibility index (Phi) is 6.08. The predicted octanol–water partition coefficient (Wildman–Crippen LogP) is 3.25.